The largest absolute Gasteiger partial charge is 0.420 e. The molecule has 0 spiro atoms. The molecule has 74 valence electrons. The fraction of sp³-hybridized carbons (Fsp3) is 0.222. The Morgan fingerprint density at radius 3 is 3.07 bits per heavy atom. The van der Waals surface area contributed by atoms with E-state index >= 15 is 0 Å². The van der Waals surface area contributed by atoms with E-state index in [1.807, 2.05) is 18.4 Å². The molecule has 0 amide bonds. The first kappa shape index (κ1) is 9.86. The molecule has 0 fully saturated rings. The lowest BCUT2D eigenvalue weighted by molar-refractivity contribution is 0.526. The number of aromatic nitrogens is 1. The minimum Gasteiger partial charge on any atom is -0.408 e. The lowest BCUT2D eigenvalue weighted by Gasteiger charge is -1.97. The van der Waals surface area contributed by atoms with Gasteiger partial charge in [-0.2, -0.15) is 0 Å². The van der Waals surface area contributed by atoms with E-state index in [1.165, 1.54) is 0 Å². The van der Waals surface area contributed by atoms with Crippen LogP contribution in [0.15, 0.2) is 31.9 Å². The molecule has 1 heterocycles. The zero-order chi connectivity index (χ0) is 10.1. The first-order chi connectivity index (χ1) is 6.72. The second-order valence-electron chi connectivity index (χ2n) is 2.83. The predicted octanol–water partition coefficient (Wildman–Crippen LogP) is 2.68. The van der Waals surface area contributed by atoms with Crippen molar-refractivity contribution in [1.29, 1.82) is 0 Å². The highest BCUT2D eigenvalue weighted by Gasteiger charge is 2.08. The second-order valence-corrected chi connectivity index (χ2v) is 4.58. The maximum atomic E-state index is 11.4. The van der Waals surface area contributed by atoms with Crippen LogP contribution in [0.5, 0.6) is 0 Å². The molecular formula is C9H8BrNO2S. The van der Waals surface area contributed by atoms with Gasteiger partial charge < -0.3 is 4.42 Å². The number of nitrogens with zero attached hydrogens (tertiary/aromatic N) is 1. The summed E-state index contributed by atoms with van der Waals surface area (Å²) in [6, 6.07) is 5.53. The Morgan fingerprint density at radius 2 is 2.36 bits per heavy atom. The van der Waals surface area contributed by atoms with Crippen molar-refractivity contribution in [1.82, 2.24) is 4.57 Å². The van der Waals surface area contributed by atoms with Gasteiger partial charge in [-0.1, -0.05) is 15.9 Å². The van der Waals surface area contributed by atoms with Crippen LogP contribution in [-0.2, 0) is 5.88 Å². The lowest BCUT2D eigenvalue weighted by Crippen LogP contribution is -2.11. The predicted molar refractivity (Wildman–Crippen MR) is 61.7 cm³/mol. The number of halogens is 1. The number of hydrogen-bond acceptors (Lipinski definition) is 3. The van der Waals surface area contributed by atoms with Gasteiger partial charge in [0.2, 0.25) is 0 Å². The Bertz CT molecular complexity index is 517. The summed E-state index contributed by atoms with van der Waals surface area (Å²) in [5.74, 6) is 0.315. The highest BCUT2D eigenvalue weighted by molar-refractivity contribution is 9.10. The van der Waals surface area contributed by atoms with Crippen molar-refractivity contribution in [3.63, 3.8) is 0 Å². The van der Waals surface area contributed by atoms with Gasteiger partial charge in [-0.15, -0.1) is 11.8 Å². The van der Waals surface area contributed by atoms with Gasteiger partial charge in [0.15, 0.2) is 5.58 Å². The molecule has 1 aromatic carbocycles. The Kier molecular flexibility index (Phi) is 2.69. The quantitative estimate of drug-likeness (QED) is 0.844. The molecule has 0 unspecified atom stereocenters. The van der Waals surface area contributed by atoms with E-state index in [2.05, 4.69) is 15.9 Å². The normalized spacial score (nSPS) is 11.0. The third kappa shape index (κ3) is 1.62. The molecule has 0 aliphatic carbocycles. The number of oxazole rings is 1. The summed E-state index contributed by atoms with van der Waals surface area (Å²) in [7, 11) is 0. The minimum absolute atomic E-state index is 0.299. The number of thioether (sulfide) groups is 1. The van der Waals surface area contributed by atoms with Crippen LogP contribution in [0.2, 0.25) is 0 Å². The van der Waals surface area contributed by atoms with Crippen LogP contribution < -0.4 is 5.76 Å². The van der Waals surface area contributed by atoms with E-state index in [4.69, 9.17) is 4.42 Å². The summed E-state index contributed by atoms with van der Waals surface area (Å²) in [6.45, 7) is 0. The van der Waals surface area contributed by atoms with Gasteiger partial charge in [-0.3, -0.25) is 4.57 Å². The zero-order valence-corrected chi connectivity index (χ0v) is 9.89. The van der Waals surface area contributed by atoms with Gasteiger partial charge in [-0.25, -0.2) is 4.79 Å². The summed E-state index contributed by atoms with van der Waals surface area (Å²) in [6.07, 6.45) is 1.95. The topological polar surface area (TPSA) is 35.1 Å². The van der Waals surface area contributed by atoms with Crippen LogP contribution in [0.3, 0.4) is 0 Å². The van der Waals surface area contributed by atoms with Crippen LogP contribution >= 0.6 is 27.7 Å². The van der Waals surface area contributed by atoms with Gasteiger partial charge in [0.05, 0.1) is 11.4 Å². The molecule has 1 aromatic heterocycles. The molecule has 2 rings (SSSR count). The Hall–Kier alpha value is -0.680. The molecule has 0 bridgehead atoms. The maximum Gasteiger partial charge on any atom is 0.420 e. The second kappa shape index (κ2) is 3.82. The zero-order valence-electron chi connectivity index (χ0n) is 7.49. The summed E-state index contributed by atoms with van der Waals surface area (Å²) in [5, 5.41) is 0. The fourth-order valence-corrected chi connectivity index (χ4v) is 2.14. The summed E-state index contributed by atoms with van der Waals surface area (Å²) < 4.78 is 7.64. The standard InChI is InChI=1S/C9H8BrNO2S/c1-14-5-11-7-4-6(10)2-3-8(7)13-9(11)12/h2-4H,5H2,1H3. The Morgan fingerprint density at radius 1 is 1.57 bits per heavy atom. The van der Waals surface area contributed by atoms with Crippen molar-refractivity contribution >= 4 is 38.8 Å². The highest BCUT2D eigenvalue weighted by Crippen LogP contribution is 2.19. The van der Waals surface area contributed by atoms with Gasteiger partial charge in [0.1, 0.15) is 0 Å². The SMILES string of the molecule is CSCn1c(=O)oc2ccc(Br)cc21. The van der Waals surface area contributed by atoms with Crippen molar-refractivity contribution in [2.24, 2.45) is 0 Å². The Labute approximate surface area is 93.2 Å². The molecule has 2 aromatic rings. The maximum absolute atomic E-state index is 11.4. The van der Waals surface area contributed by atoms with E-state index in [9.17, 15) is 4.79 Å². The molecule has 0 saturated carbocycles. The number of hydrogen-bond donors (Lipinski definition) is 0. The molecule has 5 heteroatoms. The monoisotopic (exact) mass is 273 g/mol. The van der Waals surface area contributed by atoms with E-state index in [0.29, 0.717) is 11.5 Å². The Balaban J connectivity index is 2.73. The van der Waals surface area contributed by atoms with Crippen molar-refractivity contribution in [2.45, 2.75) is 5.88 Å². The highest BCUT2D eigenvalue weighted by atomic mass is 79.9. The summed E-state index contributed by atoms with van der Waals surface area (Å²) >= 11 is 4.94. The van der Waals surface area contributed by atoms with Gasteiger partial charge in [-0.05, 0) is 24.5 Å². The van der Waals surface area contributed by atoms with Crippen LogP contribution in [0.1, 0.15) is 0 Å². The van der Waals surface area contributed by atoms with Crippen LogP contribution in [0, 0.1) is 0 Å². The molecule has 0 saturated heterocycles. The average Bonchev–Trinajstić information content (AvgIpc) is 2.45. The van der Waals surface area contributed by atoms with Crippen LogP contribution in [0.25, 0.3) is 11.1 Å². The number of benzene rings is 1. The first-order valence-electron chi connectivity index (χ1n) is 4.00. The molecule has 0 atom stereocenters. The van der Waals surface area contributed by atoms with E-state index in [0.717, 1.165) is 9.99 Å². The smallest absolute Gasteiger partial charge is 0.408 e. The number of fused-ring (bicyclic) bond motifs is 1. The first-order valence-corrected chi connectivity index (χ1v) is 6.19. The van der Waals surface area contributed by atoms with E-state index < -0.39 is 0 Å². The molecule has 0 aliphatic heterocycles. The third-order valence-electron chi connectivity index (χ3n) is 1.89. The molecule has 3 nitrogen and oxygen atoms in total. The molecular weight excluding hydrogens is 266 g/mol. The van der Waals surface area contributed by atoms with E-state index in [1.54, 1.807) is 22.4 Å². The van der Waals surface area contributed by atoms with E-state index in [-0.39, 0.29) is 5.76 Å². The van der Waals surface area contributed by atoms with Crippen LogP contribution in [-0.4, -0.2) is 10.8 Å². The van der Waals surface area contributed by atoms with Crippen molar-refractivity contribution in [3.05, 3.63) is 33.2 Å². The van der Waals surface area contributed by atoms with Crippen molar-refractivity contribution in [3.8, 4) is 0 Å². The molecule has 14 heavy (non-hydrogen) atoms. The minimum atomic E-state index is -0.299. The lowest BCUT2D eigenvalue weighted by atomic mass is 10.3. The van der Waals surface area contributed by atoms with Gasteiger partial charge in [0.25, 0.3) is 0 Å². The molecule has 0 aliphatic rings. The summed E-state index contributed by atoms with van der Waals surface area (Å²) in [4.78, 5) is 11.4. The van der Waals surface area contributed by atoms with Gasteiger partial charge in [0, 0.05) is 4.47 Å². The van der Waals surface area contributed by atoms with Crippen molar-refractivity contribution < 1.29 is 4.42 Å². The average molecular weight is 274 g/mol. The summed E-state index contributed by atoms with van der Waals surface area (Å²) in [5.41, 5.74) is 1.46. The molecule has 0 radical (unpaired) electrons. The van der Waals surface area contributed by atoms with Crippen LogP contribution in [0.4, 0.5) is 0 Å². The fourth-order valence-electron chi connectivity index (χ4n) is 1.29. The number of rotatable bonds is 2. The molecule has 0 N–H and O–H groups in total. The van der Waals surface area contributed by atoms with Gasteiger partial charge >= 0.3 is 5.76 Å². The third-order valence-corrected chi connectivity index (χ3v) is 2.90. The van der Waals surface area contributed by atoms with Crippen molar-refractivity contribution in [2.75, 3.05) is 6.26 Å².